The maximum atomic E-state index is 10.7. The van der Waals surface area contributed by atoms with Crippen molar-refractivity contribution < 1.29 is 10.2 Å². The van der Waals surface area contributed by atoms with Gasteiger partial charge < -0.3 is 20.8 Å². The number of nitrogens with one attached hydrogen (secondary N) is 2. The zero-order chi connectivity index (χ0) is 19.3. The van der Waals surface area contributed by atoms with Crippen LogP contribution in [0.15, 0.2) is 34.6 Å². The number of aliphatic imine (C=N–C) groups is 1. The van der Waals surface area contributed by atoms with E-state index in [4.69, 9.17) is 0 Å². The van der Waals surface area contributed by atoms with Crippen LogP contribution in [-0.4, -0.2) is 29.3 Å². The Morgan fingerprint density at radius 1 is 1.22 bits per heavy atom. The molecule has 2 aromatic rings. The average molecular weight is 388 g/mol. The second-order valence-electron chi connectivity index (χ2n) is 7.21. The first-order chi connectivity index (χ1) is 13.0. The quantitative estimate of drug-likeness (QED) is 0.453. The first kappa shape index (κ1) is 19.7. The van der Waals surface area contributed by atoms with Crippen LogP contribution in [0.2, 0.25) is 0 Å². The van der Waals surface area contributed by atoms with Gasteiger partial charge in [-0.1, -0.05) is 12.1 Å². The lowest BCUT2D eigenvalue weighted by molar-refractivity contribution is 0.0655. The van der Waals surface area contributed by atoms with Gasteiger partial charge in [-0.2, -0.15) is 0 Å². The van der Waals surface area contributed by atoms with Crippen LogP contribution in [0.5, 0.6) is 5.75 Å². The minimum atomic E-state index is -0.960. The Balaban J connectivity index is 1.73. The van der Waals surface area contributed by atoms with E-state index in [0.717, 1.165) is 36.2 Å². The van der Waals surface area contributed by atoms with E-state index < -0.39 is 5.60 Å². The number of hydrogen-bond acceptors (Lipinski definition) is 4. The topological polar surface area (TPSA) is 76.9 Å². The Morgan fingerprint density at radius 3 is 2.78 bits per heavy atom. The Kier molecular flexibility index (Phi) is 6.39. The molecule has 146 valence electrons. The fourth-order valence-electron chi connectivity index (χ4n) is 3.50. The summed E-state index contributed by atoms with van der Waals surface area (Å²) in [5, 5.41) is 29.5. The molecule has 0 spiro atoms. The van der Waals surface area contributed by atoms with Gasteiger partial charge in [-0.25, -0.2) is 4.99 Å². The standard InChI is InChI=1S/C21H29N3O2S/c1-3-22-20(24-14-21(2,26)19-9-6-12-27-19)23-13-17-16-8-5-4-7-15(16)10-11-18(17)25/h6,9-12,25-26H,3-5,7-8,13-14H2,1-2H3,(H2,22,23,24). The van der Waals surface area contributed by atoms with E-state index in [1.54, 1.807) is 13.0 Å². The molecule has 3 rings (SSSR count). The van der Waals surface area contributed by atoms with Crippen molar-refractivity contribution in [3.63, 3.8) is 0 Å². The molecule has 0 aliphatic heterocycles. The third-order valence-electron chi connectivity index (χ3n) is 5.02. The van der Waals surface area contributed by atoms with Crippen molar-refractivity contribution in [3.8, 4) is 5.75 Å². The number of thiophene rings is 1. The Bertz CT molecular complexity index is 785. The van der Waals surface area contributed by atoms with Gasteiger partial charge in [-0.05, 0) is 68.2 Å². The maximum Gasteiger partial charge on any atom is 0.191 e. The monoisotopic (exact) mass is 387 g/mol. The van der Waals surface area contributed by atoms with Crippen LogP contribution in [0.25, 0.3) is 0 Å². The Morgan fingerprint density at radius 2 is 2.04 bits per heavy atom. The summed E-state index contributed by atoms with van der Waals surface area (Å²) in [7, 11) is 0. The molecule has 1 aromatic heterocycles. The summed E-state index contributed by atoms with van der Waals surface area (Å²) in [5.41, 5.74) is 2.56. The third kappa shape index (κ3) is 4.82. The van der Waals surface area contributed by atoms with Crippen molar-refractivity contribution in [2.24, 2.45) is 4.99 Å². The molecule has 0 saturated heterocycles. The second kappa shape index (κ2) is 8.76. The maximum absolute atomic E-state index is 10.7. The van der Waals surface area contributed by atoms with Gasteiger partial charge in [0.1, 0.15) is 11.4 Å². The molecular weight excluding hydrogens is 358 g/mol. The Labute approximate surface area is 165 Å². The summed E-state index contributed by atoms with van der Waals surface area (Å²) in [6, 6.07) is 7.70. The zero-order valence-electron chi connectivity index (χ0n) is 16.1. The van der Waals surface area contributed by atoms with Gasteiger partial charge in [0.2, 0.25) is 0 Å². The molecule has 1 aliphatic rings. The van der Waals surface area contributed by atoms with E-state index in [9.17, 15) is 10.2 Å². The van der Waals surface area contributed by atoms with Gasteiger partial charge >= 0.3 is 0 Å². The van der Waals surface area contributed by atoms with Gasteiger partial charge in [0.05, 0.1) is 13.1 Å². The number of phenolic OH excluding ortho intramolecular Hbond substituents is 1. The molecule has 4 N–H and O–H groups in total. The number of hydrogen-bond donors (Lipinski definition) is 4. The van der Waals surface area contributed by atoms with Gasteiger partial charge in [-0.3, -0.25) is 0 Å². The van der Waals surface area contributed by atoms with Crippen LogP contribution in [0.4, 0.5) is 0 Å². The number of guanidine groups is 1. The summed E-state index contributed by atoms with van der Waals surface area (Å²) in [6.45, 7) is 5.32. The molecule has 0 fully saturated rings. The molecule has 0 radical (unpaired) electrons. The number of aliphatic hydroxyl groups is 1. The van der Waals surface area contributed by atoms with E-state index in [0.29, 0.717) is 24.8 Å². The van der Waals surface area contributed by atoms with Gasteiger partial charge in [0.15, 0.2) is 5.96 Å². The van der Waals surface area contributed by atoms with Crippen LogP contribution in [0.3, 0.4) is 0 Å². The summed E-state index contributed by atoms with van der Waals surface area (Å²) in [6.07, 6.45) is 4.46. The molecule has 1 atom stereocenters. The molecule has 1 aliphatic carbocycles. The molecule has 27 heavy (non-hydrogen) atoms. The number of fused-ring (bicyclic) bond motifs is 1. The van der Waals surface area contributed by atoms with Crippen molar-refractivity contribution in [2.75, 3.05) is 13.1 Å². The second-order valence-corrected chi connectivity index (χ2v) is 8.16. The van der Waals surface area contributed by atoms with Crippen molar-refractivity contribution in [1.29, 1.82) is 0 Å². The summed E-state index contributed by atoms with van der Waals surface area (Å²) in [5.74, 6) is 0.961. The smallest absolute Gasteiger partial charge is 0.191 e. The highest BCUT2D eigenvalue weighted by Gasteiger charge is 2.24. The first-order valence-electron chi connectivity index (χ1n) is 9.62. The van der Waals surface area contributed by atoms with Crippen molar-refractivity contribution in [3.05, 3.63) is 51.2 Å². The van der Waals surface area contributed by atoms with Gasteiger partial charge in [0, 0.05) is 17.0 Å². The fraction of sp³-hybridized carbons (Fsp3) is 0.476. The van der Waals surface area contributed by atoms with Crippen LogP contribution in [0.1, 0.15) is 48.3 Å². The predicted octanol–water partition coefficient (Wildman–Crippen LogP) is 3.30. The zero-order valence-corrected chi connectivity index (χ0v) is 16.9. The molecule has 0 saturated carbocycles. The molecule has 1 heterocycles. The molecular formula is C21H29N3O2S. The van der Waals surface area contributed by atoms with E-state index in [2.05, 4.69) is 15.6 Å². The molecule has 0 bridgehead atoms. The minimum Gasteiger partial charge on any atom is -0.508 e. The van der Waals surface area contributed by atoms with Crippen molar-refractivity contribution in [2.45, 2.75) is 51.7 Å². The molecule has 1 aromatic carbocycles. The number of aromatic hydroxyl groups is 1. The number of benzene rings is 1. The lowest BCUT2D eigenvalue weighted by Crippen LogP contribution is -2.44. The molecule has 6 heteroatoms. The molecule has 5 nitrogen and oxygen atoms in total. The summed E-state index contributed by atoms with van der Waals surface area (Å²) >= 11 is 1.54. The Hall–Kier alpha value is -2.05. The van der Waals surface area contributed by atoms with Crippen LogP contribution >= 0.6 is 11.3 Å². The largest absolute Gasteiger partial charge is 0.508 e. The first-order valence-corrected chi connectivity index (χ1v) is 10.5. The van der Waals surface area contributed by atoms with Crippen LogP contribution in [0, 0.1) is 0 Å². The number of phenols is 1. The summed E-state index contributed by atoms with van der Waals surface area (Å²) < 4.78 is 0. The number of aryl methyl sites for hydroxylation is 1. The third-order valence-corrected chi connectivity index (χ3v) is 6.14. The van der Waals surface area contributed by atoms with Crippen LogP contribution in [-0.2, 0) is 25.0 Å². The van der Waals surface area contributed by atoms with E-state index in [1.165, 1.54) is 28.9 Å². The number of rotatable bonds is 6. The van der Waals surface area contributed by atoms with Gasteiger partial charge in [-0.15, -0.1) is 11.3 Å². The average Bonchev–Trinajstić information content (AvgIpc) is 3.21. The van der Waals surface area contributed by atoms with E-state index >= 15 is 0 Å². The van der Waals surface area contributed by atoms with E-state index in [1.807, 2.05) is 30.5 Å². The fourth-order valence-corrected chi connectivity index (χ4v) is 4.28. The highest BCUT2D eigenvalue weighted by molar-refractivity contribution is 7.10. The molecule has 1 unspecified atom stereocenters. The van der Waals surface area contributed by atoms with E-state index in [-0.39, 0.29) is 0 Å². The highest BCUT2D eigenvalue weighted by Crippen LogP contribution is 2.31. The lowest BCUT2D eigenvalue weighted by atomic mass is 9.88. The normalized spacial score (nSPS) is 16.5. The SMILES string of the molecule is CCNC(=NCc1c(O)ccc2c1CCCC2)NCC(C)(O)c1cccs1. The molecule has 0 amide bonds. The van der Waals surface area contributed by atoms with Crippen molar-refractivity contribution in [1.82, 2.24) is 10.6 Å². The summed E-state index contributed by atoms with van der Waals surface area (Å²) in [4.78, 5) is 5.58. The number of nitrogens with zero attached hydrogens (tertiary/aromatic N) is 1. The highest BCUT2D eigenvalue weighted by atomic mass is 32.1. The minimum absolute atomic E-state index is 0.320. The lowest BCUT2D eigenvalue weighted by Gasteiger charge is -2.24. The predicted molar refractivity (Wildman–Crippen MR) is 111 cm³/mol. The van der Waals surface area contributed by atoms with Gasteiger partial charge in [0.25, 0.3) is 0 Å². The van der Waals surface area contributed by atoms with Crippen LogP contribution < -0.4 is 10.6 Å². The van der Waals surface area contributed by atoms with Crippen molar-refractivity contribution >= 4 is 17.3 Å².